The molecule has 0 aliphatic carbocycles. The summed E-state index contributed by atoms with van der Waals surface area (Å²) in [5, 5.41) is 12.1. The molecule has 1 N–H and O–H groups in total. The quantitative estimate of drug-likeness (QED) is 0.862. The second-order valence-corrected chi connectivity index (χ2v) is 4.96. The largest absolute Gasteiger partial charge is 0.370 e. The molecule has 2 rings (SSSR count). The summed E-state index contributed by atoms with van der Waals surface area (Å²) in [5.41, 5.74) is 0. The van der Waals surface area contributed by atoms with E-state index in [1.165, 1.54) is 6.42 Å². The Morgan fingerprint density at radius 1 is 1.61 bits per heavy atom. The standard InChI is InChI=1S/C14H20N4/c1-12(5-7-15)18-9-6-13(11-18)10-17-14-4-2-3-8-16-14/h2-4,8,12-13H,5-6,9-11H2,1H3,(H,16,17)/t12-,13-/m0/s1. The highest BCUT2D eigenvalue weighted by molar-refractivity contribution is 5.33. The first-order valence-corrected chi connectivity index (χ1v) is 6.55. The number of aromatic nitrogens is 1. The van der Waals surface area contributed by atoms with Gasteiger partial charge in [0.05, 0.1) is 12.5 Å². The maximum atomic E-state index is 8.72. The minimum absolute atomic E-state index is 0.384. The monoisotopic (exact) mass is 244 g/mol. The van der Waals surface area contributed by atoms with E-state index in [4.69, 9.17) is 5.26 Å². The Bertz CT molecular complexity index is 398. The highest BCUT2D eigenvalue weighted by Crippen LogP contribution is 2.20. The van der Waals surface area contributed by atoms with Gasteiger partial charge in [0.1, 0.15) is 5.82 Å². The van der Waals surface area contributed by atoms with E-state index in [1.807, 2.05) is 18.2 Å². The number of anilines is 1. The third kappa shape index (κ3) is 3.44. The van der Waals surface area contributed by atoms with Crippen molar-refractivity contribution in [1.29, 1.82) is 5.26 Å². The smallest absolute Gasteiger partial charge is 0.125 e. The zero-order chi connectivity index (χ0) is 12.8. The van der Waals surface area contributed by atoms with E-state index in [9.17, 15) is 0 Å². The van der Waals surface area contributed by atoms with Gasteiger partial charge in [-0.15, -0.1) is 0 Å². The summed E-state index contributed by atoms with van der Waals surface area (Å²) in [7, 11) is 0. The van der Waals surface area contributed by atoms with E-state index in [-0.39, 0.29) is 0 Å². The Hall–Kier alpha value is -1.60. The molecular formula is C14H20N4. The second kappa shape index (κ2) is 6.36. The number of rotatable bonds is 5. The Kier molecular flexibility index (Phi) is 4.54. The Morgan fingerprint density at radius 2 is 2.50 bits per heavy atom. The average Bonchev–Trinajstić information content (AvgIpc) is 2.87. The van der Waals surface area contributed by atoms with Gasteiger partial charge in [-0.1, -0.05) is 6.07 Å². The van der Waals surface area contributed by atoms with Crippen molar-refractivity contribution in [2.24, 2.45) is 5.92 Å². The highest BCUT2D eigenvalue weighted by Gasteiger charge is 2.25. The predicted octanol–water partition coefficient (Wildman–Crippen LogP) is 2.12. The van der Waals surface area contributed by atoms with Crippen LogP contribution in [0.1, 0.15) is 19.8 Å². The number of likely N-dealkylation sites (tertiary alicyclic amines) is 1. The van der Waals surface area contributed by atoms with Crippen LogP contribution in [0.2, 0.25) is 0 Å². The van der Waals surface area contributed by atoms with E-state index in [0.29, 0.717) is 18.4 Å². The van der Waals surface area contributed by atoms with Gasteiger partial charge in [0.15, 0.2) is 0 Å². The number of nitrogens with one attached hydrogen (secondary N) is 1. The fourth-order valence-electron chi connectivity index (χ4n) is 2.41. The maximum absolute atomic E-state index is 8.72. The summed E-state index contributed by atoms with van der Waals surface area (Å²) in [6.45, 7) is 5.30. The number of hydrogen-bond acceptors (Lipinski definition) is 4. The molecule has 0 bridgehead atoms. The van der Waals surface area contributed by atoms with Gasteiger partial charge in [0.25, 0.3) is 0 Å². The molecule has 0 saturated carbocycles. The van der Waals surface area contributed by atoms with Crippen LogP contribution in [0.4, 0.5) is 5.82 Å². The molecule has 2 heterocycles. The summed E-state index contributed by atoms with van der Waals surface area (Å²) in [6, 6.07) is 8.54. The number of pyridine rings is 1. The molecule has 1 aliphatic rings. The SMILES string of the molecule is C[C@@H](CC#N)N1CC[C@@H](CNc2ccccn2)C1. The van der Waals surface area contributed by atoms with Gasteiger partial charge >= 0.3 is 0 Å². The van der Waals surface area contributed by atoms with Crippen LogP contribution in [0.3, 0.4) is 0 Å². The third-order valence-electron chi connectivity index (χ3n) is 3.56. The van der Waals surface area contributed by atoms with E-state index >= 15 is 0 Å². The molecule has 0 aromatic carbocycles. The first kappa shape index (κ1) is 12.8. The Labute approximate surface area is 109 Å². The van der Waals surface area contributed by atoms with Crippen molar-refractivity contribution in [2.75, 3.05) is 25.0 Å². The minimum Gasteiger partial charge on any atom is -0.370 e. The third-order valence-corrected chi connectivity index (χ3v) is 3.56. The summed E-state index contributed by atoms with van der Waals surface area (Å²) in [4.78, 5) is 6.67. The molecule has 1 aromatic heterocycles. The van der Waals surface area contributed by atoms with Crippen LogP contribution >= 0.6 is 0 Å². The number of hydrogen-bond donors (Lipinski definition) is 1. The molecule has 0 radical (unpaired) electrons. The van der Waals surface area contributed by atoms with Crippen molar-refractivity contribution in [1.82, 2.24) is 9.88 Å². The first-order chi connectivity index (χ1) is 8.79. The lowest BCUT2D eigenvalue weighted by Gasteiger charge is -2.22. The van der Waals surface area contributed by atoms with Gasteiger partial charge < -0.3 is 5.32 Å². The predicted molar refractivity (Wildman–Crippen MR) is 72.1 cm³/mol. The van der Waals surface area contributed by atoms with Crippen molar-refractivity contribution < 1.29 is 0 Å². The Balaban J connectivity index is 1.75. The molecule has 0 spiro atoms. The van der Waals surface area contributed by atoms with Crippen LogP contribution in [0, 0.1) is 17.2 Å². The zero-order valence-electron chi connectivity index (χ0n) is 10.8. The van der Waals surface area contributed by atoms with Crippen molar-refractivity contribution in [3.63, 3.8) is 0 Å². The molecule has 1 saturated heterocycles. The lowest BCUT2D eigenvalue weighted by molar-refractivity contribution is 0.253. The van der Waals surface area contributed by atoms with Crippen LogP contribution in [0.25, 0.3) is 0 Å². The van der Waals surface area contributed by atoms with E-state index in [0.717, 1.165) is 25.5 Å². The van der Waals surface area contributed by atoms with Crippen molar-refractivity contribution in [2.45, 2.75) is 25.8 Å². The lowest BCUT2D eigenvalue weighted by atomic mass is 10.1. The highest BCUT2D eigenvalue weighted by atomic mass is 15.2. The molecular weight excluding hydrogens is 224 g/mol. The minimum atomic E-state index is 0.384. The van der Waals surface area contributed by atoms with Crippen LogP contribution in [0.15, 0.2) is 24.4 Å². The molecule has 2 atom stereocenters. The second-order valence-electron chi connectivity index (χ2n) is 4.96. The number of nitrogens with zero attached hydrogens (tertiary/aromatic N) is 3. The molecule has 0 amide bonds. The fourth-order valence-corrected chi connectivity index (χ4v) is 2.41. The van der Waals surface area contributed by atoms with E-state index < -0.39 is 0 Å². The summed E-state index contributed by atoms with van der Waals surface area (Å²) in [5.74, 6) is 1.61. The van der Waals surface area contributed by atoms with Gasteiger partial charge in [0.2, 0.25) is 0 Å². The van der Waals surface area contributed by atoms with E-state index in [1.54, 1.807) is 6.20 Å². The van der Waals surface area contributed by atoms with Crippen LogP contribution in [0.5, 0.6) is 0 Å². The molecule has 4 heteroatoms. The van der Waals surface area contributed by atoms with Crippen LogP contribution in [-0.2, 0) is 0 Å². The van der Waals surface area contributed by atoms with Gasteiger partial charge in [-0.3, -0.25) is 4.90 Å². The van der Waals surface area contributed by atoms with Crippen molar-refractivity contribution in [3.8, 4) is 6.07 Å². The Morgan fingerprint density at radius 3 is 3.22 bits per heavy atom. The van der Waals surface area contributed by atoms with Gasteiger partial charge in [-0.2, -0.15) is 5.26 Å². The van der Waals surface area contributed by atoms with Crippen LogP contribution < -0.4 is 5.32 Å². The zero-order valence-corrected chi connectivity index (χ0v) is 10.8. The van der Waals surface area contributed by atoms with E-state index in [2.05, 4.69) is 28.2 Å². The lowest BCUT2D eigenvalue weighted by Crippen LogP contribution is -2.31. The number of nitriles is 1. The van der Waals surface area contributed by atoms with Crippen molar-refractivity contribution in [3.05, 3.63) is 24.4 Å². The molecule has 96 valence electrons. The summed E-state index contributed by atoms with van der Waals surface area (Å²) >= 11 is 0. The maximum Gasteiger partial charge on any atom is 0.125 e. The van der Waals surface area contributed by atoms with Gasteiger partial charge in [0, 0.05) is 25.3 Å². The molecule has 18 heavy (non-hydrogen) atoms. The topological polar surface area (TPSA) is 52.0 Å². The van der Waals surface area contributed by atoms with Gasteiger partial charge in [-0.05, 0) is 37.9 Å². The van der Waals surface area contributed by atoms with Gasteiger partial charge in [-0.25, -0.2) is 4.98 Å². The molecule has 1 aromatic rings. The fraction of sp³-hybridized carbons (Fsp3) is 0.571. The first-order valence-electron chi connectivity index (χ1n) is 6.55. The average molecular weight is 244 g/mol. The van der Waals surface area contributed by atoms with Crippen LogP contribution in [-0.4, -0.2) is 35.6 Å². The molecule has 1 aliphatic heterocycles. The summed E-state index contributed by atoms with van der Waals surface area (Å²) in [6.07, 6.45) is 3.63. The summed E-state index contributed by atoms with van der Waals surface area (Å²) < 4.78 is 0. The molecule has 0 unspecified atom stereocenters. The van der Waals surface area contributed by atoms with Crippen molar-refractivity contribution >= 4 is 5.82 Å². The normalized spacial score (nSPS) is 21.4. The molecule has 1 fully saturated rings. The molecule has 4 nitrogen and oxygen atoms in total.